The van der Waals surface area contributed by atoms with Crippen LogP contribution in [-0.4, -0.2) is 42.8 Å². The van der Waals surface area contributed by atoms with Crippen LogP contribution in [-0.2, 0) is 11.2 Å². The number of aromatic nitrogens is 2. The van der Waals surface area contributed by atoms with Crippen molar-refractivity contribution in [2.45, 2.75) is 12.8 Å². The van der Waals surface area contributed by atoms with E-state index in [4.69, 9.17) is 26.1 Å². The molecule has 156 valence electrons. The molecule has 0 saturated carbocycles. The third kappa shape index (κ3) is 4.56. The highest BCUT2D eigenvalue weighted by Crippen LogP contribution is 2.37. The van der Waals surface area contributed by atoms with Gasteiger partial charge in [0.15, 0.2) is 16.6 Å². The maximum Gasteiger partial charge on any atom is 0.233 e. The molecule has 0 atom stereocenters. The van der Waals surface area contributed by atoms with Gasteiger partial charge in [-0.3, -0.25) is 14.7 Å². The van der Waals surface area contributed by atoms with Gasteiger partial charge in [0.05, 0.1) is 12.1 Å². The van der Waals surface area contributed by atoms with Crippen molar-refractivity contribution < 1.29 is 14.3 Å². The first kappa shape index (κ1) is 20.6. The van der Waals surface area contributed by atoms with E-state index in [1.807, 2.05) is 24.6 Å². The van der Waals surface area contributed by atoms with Gasteiger partial charge in [0.1, 0.15) is 0 Å². The van der Waals surface area contributed by atoms with Gasteiger partial charge in [-0.25, -0.2) is 4.98 Å². The predicted octanol–water partition coefficient (Wildman–Crippen LogP) is 3.77. The molecule has 2 aromatic heterocycles. The van der Waals surface area contributed by atoms with E-state index in [1.54, 1.807) is 29.4 Å². The van der Waals surface area contributed by atoms with E-state index in [1.165, 1.54) is 11.3 Å². The molecule has 0 spiro atoms. The van der Waals surface area contributed by atoms with Gasteiger partial charge in [-0.05, 0) is 43.8 Å². The fourth-order valence-electron chi connectivity index (χ4n) is 3.14. The zero-order chi connectivity index (χ0) is 20.9. The number of carbonyl (C=O) groups excluding carboxylic acids is 1. The highest BCUT2D eigenvalue weighted by molar-refractivity contribution is 7.14. The number of amides is 1. The Balaban J connectivity index is 1.56. The van der Waals surface area contributed by atoms with Gasteiger partial charge in [-0.15, -0.1) is 11.3 Å². The average molecular weight is 445 g/mol. The molecule has 30 heavy (non-hydrogen) atoms. The van der Waals surface area contributed by atoms with Crippen molar-refractivity contribution in [3.8, 4) is 22.8 Å². The minimum Gasteiger partial charge on any atom is -0.454 e. The second kappa shape index (κ2) is 9.42. The summed E-state index contributed by atoms with van der Waals surface area (Å²) < 4.78 is 10.8. The van der Waals surface area contributed by atoms with E-state index < -0.39 is 0 Å². The number of thiazole rings is 1. The van der Waals surface area contributed by atoms with Gasteiger partial charge < -0.3 is 14.8 Å². The van der Waals surface area contributed by atoms with Gasteiger partial charge in [0, 0.05) is 41.0 Å². The van der Waals surface area contributed by atoms with E-state index in [0.717, 1.165) is 24.2 Å². The van der Waals surface area contributed by atoms with Crippen LogP contribution < -0.4 is 19.7 Å². The number of rotatable bonds is 8. The Morgan fingerprint density at radius 3 is 2.80 bits per heavy atom. The number of ether oxygens (including phenoxy) is 2. The molecule has 9 heteroatoms. The Morgan fingerprint density at radius 2 is 2.03 bits per heavy atom. The Morgan fingerprint density at radius 1 is 1.27 bits per heavy atom. The number of benzene rings is 1. The monoisotopic (exact) mass is 444 g/mol. The molecule has 4 rings (SSSR count). The number of fused-ring (bicyclic) bond motifs is 1. The van der Waals surface area contributed by atoms with Crippen LogP contribution in [0.4, 0.5) is 5.13 Å². The zero-order valence-corrected chi connectivity index (χ0v) is 18.0. The van der Waals surface area contributed by atoms with Crippen LogP contribution in [0.15, 0.2) is 42.0 Å². The summed E-state index contributed by atoms with van der Waals surface area (Å²) in [6, 6.07) is 7.28. The van der Waals surface area contributed by atoms with Gasteiger partial charge >= 0.3 is 0 Å². The summed E-state index contributed by atoms with van der Waals surface area (Å²) in [4.78, 5) is 23.7. The van der Waals surface area contributed by atoms with E-state index in [0.29, 0.717) is 33.8 Å². The molecule has 1 N–H and O–H groups in total. The SMILES string of the molecule is CNCCCN(C(=O)Cc1cc2c(cc1Cl)OCO2)c1nc(-c2ccncc2)cs1. The third-order valence-electron chi connectivity index (χ3n) is 4.69. The molecule has 1 aliphatic heterocycles. The van der Waals surface area contributed by atoms with Crippen molar-refractivity contribution in [3.63, 3.8) is 0 Å². The first-order valence-corrected chi connectivity index (χ1v) is 10.8. The summed E-state index contributed by atoms with van der Waals surface area (Å²) in [5, 5.41) is 6.23. The summed E-state index contributed by atoms with van der Waals surface area (Å²) in [5.74, 6) is 1.14. The van der Waals surface area contributed by atoms with Crippen LogP contribution in [0.25, 0.3) is 11.3 Å². The summed E-state index contributed by atoms with van der Waals surface area (Å²) >= 11 is 7.83. The molecule has 0 radical (unpaired) electrons. The summed E-state index contributed by atoms with van der Waals surface area (Å²) in [6.45, 7) is 1.53. The number of nitrogens with zero attached hydrogens (tertiary/aromatic N) is 3. The topological polar surface area (TPSA) is 76.6 Å². The Bertz CT molecular complexity index is 1030. The molecule has 0 fully saturated rings. The van der Waals surface area contributed by atoms with Gasteiger partial charge in [0.2, 0.25) is 12.7 Å². The van der Waals surface area contributed by atoms with E-state index >= 15 is 0 Å². The minimum absolute atomic E-state index is 0.0671. The summed E-state index contributed by atoms with van der Waals surface area (Å²) in [7, 11) is 1.89. The first-order chi connectivity index (χ1) is 14.7. The Kier molecular flexibility index (Phi) is 6.47. The van der Waals surface area contributed by atoms with Crippen LogP contribution >= 0.6 is 22.9 Å². The molecule has 7 nitrogen and oxygen atoms in total. The lowest BCUT2D eigenvalue weighted by Gasteiger charge is -2.20. The Hall–Kier alpha value is -2.68. The molecule has 1 amide bonds. The van der Waals surface area contributed by atoms with Crippen molar-refractivity contribution in [1.29, 1.82) is 0 Å². The number of pyridine rings is 1. The van der Waals surface area contributed by atoms with E-state index in [2.05, 4.69) is 10.3 Å². The molecule has 0 bridgehead atoms. The number of anilines is 1. The van der Waals surface area contributed by atoms with Crippen LogP contribution in [0.2, 0.25) is 5.02 Å². The van der Waals surface area contributed by atoms with Gasteiger partial charge in [-0.1, -0.05) is 11.6 Å². The predicted molar refractivity (Wildman–Crippen MR) is 118 cm³/mol. The molecule has 1 aliphatic rings. The highest BCUT2D eigenvalue weighted by Gasteiger charge is 2.23. The van der Waals surface area contributed by atoms with Crippen LogP contribution in [0.3, 0.4) is 0 Å². The highest BCUT2D eigenvalue weighted by atomic mass is 35.5. The smallest absolute Gasteiger partial charge is 0.233 e. The molecular weight excluding hydrogens is 424 g/mol. The largest absolute Gasteiger partial charge is 0.454 e. The van der Waals surface area contributed by atoms with E-state index in [9.17, 15) is 4.79 Å². The molecule has 0 unspecified atom stereocenters. The van der Waals surface area contributed by atoms with Gasteiger partial charge in [-0.2, -0.15) is 0 Å². The van der Waals surface area contributed by atoms with Crippen LogP contribution in [0.5, 0.6) is 11.5 Å². The normalized spacial score (nSPS) is 12.2. The van der Waals surface area contributed by atoms with Crippen LogP contribution in [0.1, 0.15) is 12.0 Å². The molecule has 1 aromatic carbocycles. The Labute approximate surface area is 183 Å². The molecule has 3 heterocycles. The molecular formula is C21H21ClN4O3S. The summed E-state index contributed by atoms with van der Waals surface area (Å²) in [6.07, 6.45) is 4.41. The van der Waals surface area contributed by atoms with E-state index in [-0.39, 0.29) is 19.1 Å². The third-order valence-corrected chi connectivity index (χ3v) is 5.91. The number of hydrogen-bond donors (Lipinski definition) is 1. The van der Waals surface area contributed by atoms with Crippen molar-refractivity contribution in [1.82, 2.24) is 15.3 Å². The number of carbonyl (C=O) groups is 1. The standard InChI is InChI=1S/C21H21ClN4O3S/c1-23-5-2-8-26(21-25-17(12-30-21)14-3-6-24-7-4-14)20(27)10-15-9-18-19(11-16(15)22)29-13-28-18/h3-4,6-7,9,11-12,23H,2,5,8,10,13H2,1H3. The molecule has 3 aromatic rings. The summed E-state index contributed by atoms with van der Waals surface area (Å²) in [5.41, 5.74) is 2.49. The second-order valence-electron chi connectivity index (χ2n) is 6.73. The minimum atomic E-state index is -0.0671. The van der Waals surface area contributed by atoms with Crippen molar-refractivity contribution in [2.24, 2.45) is 0 Å². The number of nitrogens with one attached hydrogen (secondary N) is 1. The van der Waals surface area contributed by atoms with Gasteiger partial charge in [0.25, 0.3) is 0 Å². The number of halogens is 1. The zero-order valence-electron chi connectivity index (χ0n) is 16.4. The maximum atomic E-state index is 13.2. The fourth-order valence-corrected chi connectivity index (χ4v) is 4.24. The maximum absolute atomic E-state index is 13.2. The lowest BCUT2D eigenvalue weighted by atomic mass is 10.1. The van der Waals surface area contributed by atoms with Crippen LogP contribution in [0, 0.1) is 0 Å². The average Bonchev–Trinajstić information content (AvgIpc) is 3.41. The van der Waals surface area contributed by atoms with Crippen molar-refractivity contribution in [2.75, 3.05) is 31.8 Å². The lowest BCUT2D eigenvalue weighted by molar-refractivity contribution is -0.118. The molecule has 0 aliphatic carbocycles. The quantitative estimate of drug-likeness (QED) is 0.533. The van der Waals surface area contributed by atoms with Crippen molar-refractivity contribution >= 4 is 34.0 Å². The first-order valence-electron chi connectivity index (χ1n) is 9.54. The molecule has 0 saturated heterocycles. The number of hydrogen-bond acceptors (Lipinski definition) is 7. The van der Waals surface area contributed by atoms with Crippen molar-refractivity contribution in [3.05, 3.63) is 52.6 Å². The second-order valence-corrected chi connectivity index (χ2v) is 7.97. The fraction of sp³-hybridized carbons (Fsp3) is 0.286. The lowest BCUT2D eigenvalue weighted by Crippen LogP contribution is -2.34.